The summed E-state index contributed by atoms with van der Waals surface area (Å²) in [6.07, 6.45) is 5.00. The highest BCUT2D eigenvalue weighted by Crippen LogP contribution is 2.46. The minimum absolute atomic E-state index is 0.0336. The molecule has 4 aliphatic rings. The third kappa shape index (κ3) is 9.34. The molecular weight excluding hydrogens is 805 g/mol. The lowest BCUT2D eigenvalue weighted by molar-refractivity contribution is -0.141. The van der Waals surface area contributed by atoms with Gasteiger partial charge in [-0.05, 0) is 77.5 Å². The van der Waals surface area contributed by atoms with Crippen LogP contribution in [0.2, 0.25) is 0 Å². The SMILES string of the molecule is COc1ccc2c(OC3CC4C(=O)NC5(C(=O)NS(=O)(=O)C6CC6)CC5/C=C\CCCCCC(NC(=O)c5ccn(CC(F)F)n5)C(=O)N4C3)cc(OC(C)C)nc2c1C. The van der Waals surface area contributed by atoms with Gasteiger partial charge in [-0.25, -0.2) is 22.2 Å². The number of nitrogens with zero attached hydrogens (tertiary/aromatic N) is 4. The zero-order chi connectivity index (χ0) is 42.9. The molecule has 19 heteroatoms. The van der Waals surface area contributed by atoms with Crippen molar-refractivity contribution >= 4 is 44.6 Å². The van der Waals surface area contributed by atoms with Gasteiger partial charge in [-0.15, -0.1) is 0 Å². The summed E-state index contributed by atoms with van der Waals surface area (Å²) in [5.74, 6) is -2.12. The van der Waals surface area contributed by atoms with Gasteiger partial charge in [0.05, 0.1) is 30.5 Å². The Labute approximate surface area is 346 Å². The van der Waals surface area contributed by atoms with Crippen LogP contribution in [0.3, 0.4) is 0 Å². The summed E-state index contributed by atoms with van der Waals surface area (Å²) in [4.78, 5) is 62.7. The largest absolute Gasteiger partial charge is 0.496 e. The molecule has 2 aliphatic heterocycles. The second-order valence-corrected chi connectivity index (χ2v) is 18.2. The Kier molecular flexibility index (Phi) is 12.4. The van der Waals surface area contributed by atoms with E-state index in [1.165, 1.54) is 17.2 Å². The van der Waals surface area contributed by atoms with Crippen molar-refractivity contribution in [2.45, 2.75) is 127 Å². The molecule has 4 heterocycles. The van der Waals surface area contributed by atoms with Crippen LogP contribution in [0.4, 0.5) is 8.78 Å². The van der Waals surface area contributed by atoms with Gasteiger partial charge < -0.3 is 29.7 Å². The van der Waals surface area contributed by atoms with Crippen molar-refractivity contribution < 1.29 is 50.6 Å². The van der Waals surface area contributed by atoms with E-state index in [4.69, 9.17) is 19.2 Å². The standard InChI is InChI=1S/C41H51F2N7O9S/c1-23(2)58-35-19-33(28-14-15-32(57-4)24(3)36(28)45-35)59-26-18-31-38(52)46-41(40(54)48-60(55,56)27-12-13-27)20-25(41)10-8-6-5-7-9-11-30(39(53)50(31)21-26)44-37(51)29-16-17-49(47-29)22-34(42)43/h8,10,14-17,19,23,25-27,30-31,34H,5-7,9,11-13,18,20-22H2,1-4H3,(H,44,51)(H,46,52)(H,48,54)/b10-8-. The van der Waals surface area contributed by atoms with Crippen LogP contribution < -0.4 is 29.6 Å². The van der Waals surface area contributed by atoms with Crippen LogP contribution in [0.1, 0.15) is 87.7 Å². The highest BCUT2D eigenvalue weighted by molar-refractivity contribution is 7.91. The van der Waals surface area contributed by atoms with Crippen molar-refractivity contribution in [2.24, 2.45) is 5.92 Å². The van der Waals surface area contributed by atoms with Gasteiger partial charge in [0.1, 0.15) is 47.5 Å². The summed E-state index contributed by atoms with van der Waals surface area (Å²) < 4.78 is 73.2. The molecule has 2 aliphatic carbocycles. The summed E-state index contributed by atoms with van der Waals surface area (Å²) in [6, 6.07) is 4.14. The number of sulfonamides is 1. The van der Waals surface area contributed by atoms with Crippen molar-refractivity contribution in [3.63, 3.8) is 0 Å². The highest BCUT2D eigenvalue weighted by atomic mass is 32.2. The van der Waals surface area contributed by atoms with Crippen LogP contribution in [-0.4, -0.2) is 107 Å². The monoisotopic (exact) mass is 855 g/mol. The number of pyridine rings is 1. The number of ether oxygens (including phenoxy) is 3. The number of carbonyl (C=O) groups is 4. The van der Waals surface area contributed by atoms with Crippen LogP contribution >= 0.6 is 0 Å². The number of alkyl halides is 2. The summed E-state index contributed by atoms with van der Waals surface area (Å²) in [7, 11) is -2.40. The maximum Gasteiger partial charge on any atom is 0.272 e. The highest BCUT2D eigenvalue weighted by Gasteiger charge is 2.62. The molecule has 0 spiro atoms. The Bertz CT molecular complexity index is 2280. The molecule has 324 valence electrons. The third-order valence-electron chi connectivity index (χ3n) is 11.3. The molecule has 0 radical (unpaired) electrons. The first-order valence-corrected chi connectivity index (χ1v) is 21.9. The molecule has 16 nitrogen and oxygen atoms in total. The number of rotatable bonds is 12. The Balaban J connectivity index is 1.22. The number of fused-ring (bicyclic) bond motifs is 3. The van der Waals surface area contributed by atoms with E-state index in [1.54, 1.807) is 25.3 Å². The number of aryl methyl sites for hydroxylation is 1. The van der Waals surface area contributed by atoms with Gasteiger partial charge in [0.15, 0.2) is 0 Å². The third-order valence-corrected chi connectivity index (χ3v) is 13.2. The van der Waals surface area contributed by atoms with E-state index in [0.29, 0.717) is 60.9 Å². The molecule has 7 rings (SSSR count). The van der Waals surface area contributed by atoms with Gasteiger partial charge in [0.2, 0.25) is 27.7 Å². The fourth-order valence-electron chi connectivity index (χ4n) is 7.96. The lowest BCUT2D eigenvalue weighted by Gasteiger charge is -2.29. The topological polar surface area (TPSA) is 200 Å². The van der Waals surface area contributed by atoms with Crippen LogP contribution in [0.25, 0.3) is 10.9 Å². The number of allylic oxidation sites excluding steroid dienone is 1. The quantitative estimate of drug-likeness (QED) is 0.223. The minimum atomic E-state index is -3.95. The van der Waals surface area contributed by atoms with Gasteiger partial charge in [0.25, 0.3) is 18.2 Å². The number of aromatic nitrogens is 3. The summed E-state index contributed by atoms with van der Waals surface area (Å²) in [5, 5.41) is 9.51. The first-order chi connectivity index (χ1) is 28.6. The Morgan fingerprint density at radius 3 is 2.58 bits per heavy atom. The van der Waals surface area contributed by atoms with Crippen LogP contribution in [-0.2, 0) is 31.0 Å². The van der Waals surface area contributed by atoms with Crippen LogP contribution in [0, 0.1) is 12.8 Å². The Morgan fingerprint density at radius 2 is 1.87 bits per heavy atom. The molecule has 2 aromatic heterocycles. The van der Waals surface area contributed by atoms with Gasteiger partial charge in [-0.1, -0.05) is 25.0 Å². The second-order valence-electron chi connectivity index (χ2n) is 16.2. The van der Waals surface area contributed by atoms with Gasteiger partial charge in [-0.3, -0.25) is 28.6 Å². The summed E-state index contributed by atoms with van der Waals surface area (Å²) in [6.45, 7) is 4.75. The van der Waals surface area contributed by atoms with Gasteiger partial charge >= 0.3 is 0 Å². The van der Waals surface area contributed by atoms with E-state index in [-0.39, 0.29) is 43.5 Å². The summed E-state index contributed by atoms with van der Waals surface area (Å²) in [5.41, 5.74) is -0.439. The second kappa shape index (κ2) is 17.3. The number of hydrogen-bond donors (Lipinski definition) is 3. The minimum Gasteiger partial charge on any atom is -0.496 e. The van der Waals surface area contributed by atoms with E-state index in [0.717, 1.165) is 10.2 Å². The molecule has 5 unspecified atom stereocenters. The number of benzene rings is 1. The molecule has 3 aromatic rings. The Hall–Kier alpha value is -5.33. The first-order valence-electron chi connectivity index (χ1n) is 20.4. The predicted octanol–water partition coefficient (Wildman–Crippen LogP) is 3.95. The fourth-order valence-corrected chi connectivity index (χ4v) is 9.33. The van der Waals surface area contributed by atoms with E-state index in [9.17, 15) is 36.4 Å². The molecule has 2 saturated carbocycles. The lowest BCUT2D eigenvalue weighted by Crippen LogP contribution is -2.58. The predicted molar refractivity (Wildman–Crippen MR) is 214 cm³/mol. The Morgan fingerprint density at radius 1 is 1.08 bits per heavy atom. The number of hydrogen-bond acceptors (Lipinski definition) is 11. The van der Waals surface area contributed by atoms with Crippen molar-refractivity contribution in [1.82, 2.24) is 35.0 Å². The molecule has 4 amide bonds. The van der Waals surface area contributed by atoms with Crippen molar-refractivity contribution in [3.8, 4) is 17.4 Å². The molecule has 60 heavy (non-hydrogen) atoms. The average molecular weight is 856 g/mol. The maximum absolute atomic E-state index is 14.7. The van der Waals surface area contributed by atoms with E-state index < -0.39 is 81.5 Å². The molecule has 1 saturated heterocycles. The van der Waals surface area contributed by atoms with Gasteiger partial charge in [0, 0.05) is 35.6 Å². The normalized spacial score (nSPS) is 25.4. The molecule has 1 aromatic carbocycles. The average Bonchev–Trinajstić information content (AvgIpc) is 4.07. The number of nitrogens with one attached hydrogen (secondary N) is 3. The van der Waals surface area contributed by atoms with Crippen LogP contribution in [0.15, 0.2) is 42.6 Å². The number of methoxy groups -OCH3 is 1. The van der Waals surface area contributed by atoms with Crippen molar-refractivity contribution in [1.29, 1.82) is 0 Å². The van der Waals surface area contributed by atoms with Crippen LogP contribution in [0.5, 0.6) is 17.4 Å². The summed E-state index contributed by atoms with van der Waals surface area (Å²) >= 11 is 0. The smallest absolute Gasteiger partial charge is 0.272 e. The van der Waals surface area contributed by atoms with Crippen molar-refractivity contribution in [3.05, 3.63) is 53.9 Å². The molecule has 5 atom stereocenters. The van der Waals surface area contributed by atoms with E-state index in [1.807, 2.05) is 32.9 Å². The first kappa shape index (κ1) is 42.8. The number of halogens is 2. The molecule has 3 N–H and O–H groups in total. The van der Waals surface area contributed by atoms with Gasteiger partial charge in [-0.2, -0.15) is 5.10 Å². The van der Waals surface area contributed by atoms with E-state index in [2.05, 4.69) is 20.5 Å². The number of carbonyl (C=O) groups excluding carboxylic acids is 4. The molecule has 0 bridgehead atoms. The zero-order valence-corrected chi connectivity index (χ0v) is 34.8. The van der Waals surface area contributed by atoms with Crippen molar-refractivity contribution in [2.75, 3.05) is 13.7 Å². The zero-order valence-electron chi connectivity index (χ0n) is 34.0. The number of amides is 4. The molecular formula is C41H51F2N7O9S. The lowest BCUT2D eigenvalue weighted by atomic mass is 10.0. The molecule has 3 fully saturated rings. The fraction of sp³-hybridized carbons (Fsp3) is 0.561. The van der Waals surface area contributed by atoms with E-state index >= 15 is 0 Å². The maximum atomic E-state index is 14.7.